The maximum absolute atomic E-state index is 14.0. The molecule has 0 saturated heterocycles. The van der Waals surface area contributed by atoms with Crippen LogP contribution in [-0.2, 0) is 0 Å². The Bertz CT molecular complexity index is 595. The highest BCUT2D eigenvalue weighted by Gasteiger charge is 2.23. The van der Waals surface area contributed by atoms with Crippen molar-refractivity contribution in [2.24, 2.45) is 5.73 Å². The third-order valence-corrected chi connectivity index (χ3v) is 4.80. The molecule has 1 unspecified atom stereocenters. The van der Waals surface area contributed by atoms with Crippen molar-refractivity contribution in [3.8, 4) is 0 Å². The summed E-state index contributed by atoms with van der Waals surface area (Å²) >= 11 is 4.80. The maximum atomic E-state index is 14.0. The average Bonchev–Trinajstić information content (AvgIpc) is 2.63. The van der Waals surface area contributed by atoms with Gasteiger partial charge in [0, 0.05) is 19.8 Å². The van der Waals surface area contributed by atoms with Gasteiger partial charge in [0.2, 0.25) is 0 Å². The van der Waals surface area contributed by atoms with E-state index in [4.69, 9.17) is 5.73 Å². The van der Waals surface area contributed by atoms with Crippen LogP contribution >= 0.6 is 27.3 Å². The first-order valence-corrected chi connectivity index (χ1v) is 6.98. The molecule has 2 N–H and O–H groups in total. The van der Waals surface area contributed by atoms with Crippen molar-refractivity contribution in [2.75, 3.05) is 0 Å². The minimum absolute atomic E-state index is 0.0717. The van der Waals surface area contributed by atoms with Gasteiger partial charge < -0.3 is 5.73 Å². The van der Waals surface area contributed by atoms with Crippen LogP contribution in [0.2, 0.25) is 0 Å². The molecule has 0 bridgehead atoms. The van der Waals surface area contributed by atoms with E-state index < -0.39 is 17.7 Å². The van der Waals surface area contributed by atoms with Crippen LogP contribution in [0.15, 0.2) is 22.7 Å². The van der Waals surface area contributed by atoms with E-state index in [0.717, 1.165) is 14.2 Å². The van der Waals surface area contributed by atoms with Crippen LogP contribution in [0.4, 0.5) is 8.78 Å². The van der Waals surface area contributed by atoms with E-state index in [0.29, 0.717) is 5.56 Å². The average molecular weight is 332 g/mol. The van der Waals surface area contributed by atoms with E-state index in [-0.39, 0.29) is 5.56 Å². The molecule has 1 heterocycles. The second-order valence-corrected chi connectivity index (χ2v) is 6.28. The number of thiophene rings is 1. The number of nitrogens with two attached hydrogens (primary N) is 1. The van der Waals surface area contributed by atoms with Crippen molar-refractivity contribution in [3.05, 3.63) is 55.2 Å². The highest BCUT2D eigenvalue weighted by atomic mass is 79.9. The highest BCUT2D eigenvalue weighted by molar-refractivity contribution is 9.10. The molecular weight excluding hydrogens is 320 g/mol. The molecule has 0 aliphatic heterocycles. The lowest BCUT2D eigenvalue weighted by molar-refractivity contribution is 0.539. The molecule has 18 heavy (non-hydrogen) atoms. The molecular formula is C13H12BrF2NS. The summed E-state index contributed by atoms with van der Waals surface area (Å²) in [5.41, 5.74) is 6.32. The Hall–Kier alpha value is -0.780. The summed E-state index contributed by atoms with van der Waals surface area (Å²) in [6.07, 6.45) is 0. The molecule has 0 radical (unpaired) electrons. The Morgan fingerprint density at radius 1 is 1.28 bits per heavy atom. The van der Waals surface area contributed by atoms with E-state index in [1.54, 1.807) is 6.92 Å². The van der Waals surface area contributed by atoms with Gasteiger partial charge >= 0.3 is 0 Å². The number of benzene rings is 1. The van der Waals surface area contributed by atoms with Crippen LogP contribution in [0.5, 0.6) is 0 Å². The molecule has 2 rings (SSSR count). The van der Waals surface area contributed by atoms with Gasteiger partial charge in [-0.3, -0.25) is 0 Å². The van der Waals surface area contributed by atoms with E-state index in [9.17, 15) is 8.78 Å². The lowest BCUT2D eigenvalue weighted by Gasteiger charge is -2.14. The predicted octanol–water partition coefficient (Wildman–Crippen LogP) is 4.45. The molecule has 1 aromatic heterocycles. The van der Waals surface area contributed by atoms with Crippen molar-refractivity contribution < 1.29 is 8.78 Å². The normalized spacial score (nSPS) is 12.8. The molecule has 0 aliphatic carbocycles. The molecule has 1 aromatic carbocycles. The molecule has 0 saturated carbocycles. The standard InChI is InChI=1S/C13H12BrF2NS/c1-6-3-4-9(15)10(11(6)16)12(17)13-8(14)5-7(2)18-13/h3-5,12H,17H2,1-2H3. The van der Waals surface area contributed by atoms with Crippen molar-refractivity contribution in [1.29, 1.82) is 0 Å². The van der Waals surface area contributed by atoms with E-state index in [1.807, 2.05) is 13.0 Å². The van der Waals surface area contributed by atoms with Crippen LogP contribution < -0.4 is 5.73 Å². The smallest absolute Gasteiger partial charge is 0.134 e. The molecule has 0 fully saturated rings. The van der Waals surface area contributed by atoms with Gasteiger partial charge in [0.25, 0.3) is 0 Å². The lowest BCUT2D eigenvalue weighted by Crippen LogP contribution is -2.15. The van der Waals surface area contributed by atoms with Crippen molar-refractivity contribution in [3.63, 3.8) is 0 Å². The van der Waals surface area contributed by atoms with Gasteiger partial charge in [0.15, 0.2) is 0 Å². The first-order valence-electron chi connectivity index (χ1n) is 5.37. The Kier molecular flexibility index (Phi) is 3.84. The van der Waals surface area contributed by atoms with Crippen LogP contribution in [-0.4, -0.2) is 0 Å². The summed E-state index contributed by atoms with van der Waals surface area (Å²) in [5.74, 6) is -1.18. The second kappa shape index (κ2) is 5.07. The number of aryl methyl sites for hydroxylation is 2. The number of hydrogen-bond donors (Lipinski definition) is 1. The molecule has 0 amide bonds. The fraction of sp³-hybridized carbons (Fsp3) is 0.231. The Balaban J connectivity index is 2.56. The monoisotopic (exact) mass is 331 g/mol. The Morgan fingerprint density at radius 2 is 1.94 bits per heavy atom. The fourth-order valence-electron chi connectivity index (χ4n) is 1.81. The van der Waals surface area contributed by atoms with E-state index >= 15 is 0 Å². The highest BCUT2D eigenvalue weighted by Crippen LogP contribution is 2.36. The summed E-state index contributed by atoms with van der Waals surface area (Å²) in [4.78, 5) is 1.77. The topological polar surface area (TPSA) is 26.0 Å². The van der Waals surface area contributed by atoms with Crippen LogP contribution in [0.25, 0.3) is 0 Å². The molecule has 96 valence electrons. The zero-order valence-corrected chi connectivity index (χ0v) is 12.3. The zero-order chi connectivity index (χ0) is 13.4. The third kappa shape index (κ3) is 2.35. The molecule has 5 heteroatoms. The number of halogens is 3. The van der Waals surface area contributed by atoms with Gasteiger partial charge in [0.05, 0.1) is 6.04 Å². The summed E-state index contributed by atoms with van der Waals surface area (Å²) in [6.45, 7) is 3.52. The summed E-state index contributed by atoms with van der Waals surface area (Å²) in [6, 6.07) is 3.77. The third-order valence-electron chi connectivity index (χ3n) is 2.75. The fourth-order valence-corrected chi connectivity index (χ4v) is 3.72. The van der Waals surface area contributed by atoms with Gasteiger partial charge in [-0.25, -0.2) is 8.78 Å². The van der Waals surface area contributed by atoms with Gasteiger partial charge in [-0.2, -0.15) is 0 Å². The number of hydrogen-bond acceptors (Lipinski definition) is 2. The maximum Gasteiger partial charge on any atom is 0.134 e. The molecule has 2 aromatic rings. The zero-order valence-electron chi connectivity index (χ0n) is 9.93. The Labute approximate surface area is 117 Å². The molecule has 1 atom stereocenters. The SMILES string of the molecule is Cc1cc(Br)c(C(N)c2c(F)ccc(C)c2F)s1. The molecule has 1 nitrogen and oxygen atoms in total. The van der Waals surface area contributed by atoms with Crippen LogP contribution in [0.3, 0.4) is 0 Å². The van der Waals surface area contributed by atoms with Crippen LogP contribution in [0.1, 0.15) is 26.9 Å². The minimum atomic E-state index is -0.794. The summed E-state index contributed by atoms with van der Waals surface area (Å²) in [7, 11) is 0. The van der Waals surface area contributed by atoms with Crippen LogP contribution in [0, 0.1) is 25.5 Å². The quantitative estimate of drug-likeness (QED) is 0.864. The van der Waals surface area contributed by atoms with Crippen molar-refractivity contribution >= 4 is 27.3 Å². The van der Waals surface area contributed by atoms with Gasteiger partial charge in [-0.15, -0.1) is 11.3 Å². The first kappa shape index (κ1) is 13.6. The van der Waals surface area contributed by atoms with Crippen molar-refractivity contribution in [1.82, 2.24) is 0 Å². The molecule has 0 aliphatic rings. The second-order valence-electron chi connectivity index (χ2n) is 4.14. The molecule has 0 spiro atoms. The van der Waals surface area contributed by atoms with Crippen molar-refractivity contribution in [2.45, 2.75) is 19.9 Å². The van der Waals surface area contributed by atoms with Gasteiger partial charge in [-0.1, -0.05) is 6.07 Å². The summed E-state index contributed by atoms with van der Waals surface area (Å²) in [5, 5.41) is 0. The van der Waals surface area contributed by atoms with E-state index in [2.05, 4.69) is 15.9 Å². The predicted molar refractivity (Wildman–Crippen MR) is 73.9 cm³/mol. The minimum Gasteiger partial charge on any atom is -0.319 e. The first-order chi connectivity index (χ1) is 8.41. The van der Waals surface area contributed by atoms with E-state index in [1.165, 1.54) is 23.5 Å². The summed E-state index contributed by atoms with van der Waals surface area (Å²) < 4.78 is 28.6. The largest absolute Gasteiger partial charge is 0.319 e. The number of rotatable bonds is 2. The van der Waals surface area contributed by atoms with Gasteiger partial charge in [-0.05, 0) is 47.5 Å². The van der Waals surface area contributed by atoms with Gasteiger partial charge in [0.1, 0.15) is 11.6 Å². The lowest BCUT2D eigenvalue weighted by atomic mass is 10.0. The Morgan fingerprint density at radius 3 is 2.50 bits per heavy atom.